The minimum absolute atomic E-state index is 0.107. The van der Waals surface area contributed by atoms with Gasteiger partial charge in [-0.25, -0.2) is 0 Å². The number of hydrogen-bond donors (Lipinski definition) is 2. The van der Waals surface area contributed by atoms with Crippen LogP contribution < -0.4 is 5.73 Å². The molecule has 1 saturated carbocycles. The first-order valence-corrected chi connectivity index (χ1v) is 4.76. The predicted molar refractivity (Wildman–Crippen MR) is 48.0 cm³/mol. The van der Waals surface area contributed by atoms with E-state index in [0.29, 0.717) is 13.0 Å². The first-order valence-electron chi connectivity index (χ1n) is 4.76. The average Bonchev–Trinajstić information content (AvgIpc) is 2.73. The van der Waals surface area contributed by atoms with Gasteiger partial charge in [0, 0.05) is 5.56 Å². The number of nitrogens with zero attached hydrogens (tertiary/aromatic N) is 1. The third-order valence-corrected chi connectivity index (χ3v) is 2.96. The van der Waals surface area contributed by atoms with E-state index in [-0.39, 0.29) is 11.0 Å². The molecule has 1 aliphatic carbocycles. The summed E-state index contributed by atoms with van der Waals surface area (Å²) in [7, 11) is 0. The lowest BCUT2D eigenvalue weighted by Gasteiger charge is -2.12. The maximum absolute atomic E-state index is 12.5. The highest BCUT2D eigenvalue weighted by Crippen LogP contribution is 2.48. The molecule has 1 aromatic heterocycles. The molecule has 1 aliphatic rings. The maximum Gasteiger partial charge on any atom is 0.433 e. The van der Waals surface area contributed by atoms with E-state index >= 15 is 0 Å². The Balaban J connectivity index is 2.19. The Kier molecular flexibility index (Phi) is 2.26. The van der Waals surface area contributed by atoms with E-state index in [1.165, 1.54) is 6.20 Å². The molecule has 1 fully saturated rings. The molecule has 1 heterocycles. The van der Waals surface area contributed by atoms with E-state index in [2.05, 4.69) is 5.10 Å². The van der Waals surface area contributed by atoms with E-state index < -0.39 is 11.9 Å². The van der Waals surface area contributed by atoms with Crippen LogP contribution in [0.3, 0.4) is 0 Å². The van der Waals surface area contributed by atoms with Crippen molar-refractivity contribution in [3.8, 4) is 0 Å². The van der Waals surface area contributed by atoms with Crippen LogP contribution in [0, 0.1) is 5.41 Å². The number of halogens is 3. The van der Waals surface area contributed by atoms with Crippen LogP contribution in [0.25, 0.3) is 0 Å². The molecule has 0 amide bonds. The van der Waals surface area contributed by atoms with Gasteiger partial charge in [-0.1, -0.05) is 0 Å². The lowest BCUT2D eigenvalue weighted by molar-refractivity contribution is -0.141. The van der Waals surface area contributed by atoms with Crippen molar-refractivity contribution in [3.05, 3.63) is 17.5 Å². The van der Waals surface area contributed by atoms with E-state index in [0.717, 1.165) is 12.8 Å². The molecule has 0 bridgehead atoms. The maximum atomic E-state index is 12.5. The summed E-state index contributed by atoms with van der Waals surface area (Å²) in [5.41, 5.74) is 4.92. The van der Waals surface area contributed by atoms with Crippen molar-refractivity contribution in [1.82, 2.24) is 10.2 Å². The van der Waals surface area contributed by atoms with E-state index in [4.69, 9.17) is 5.73 Å². The Bertz CT molecular complexity index is 352. The van der Waals surface area contributed by atoms with Crippen molar-refractivity contribution in [2.45, 2.75) is 25.4 Å². The highest BCUT2D eigenvalue weighted by molar-refractivity contribution is 5.22. The summed E-state index contributed by atoms with van der Waals surface area (Å²) in [6.07, 6.45) is -0.915. The van der Waals surface area contributed by atoms with Crippen LogP contribution in [0.15, 0.2) is 6.20 Å². The predicted octanol–water partition coefficient (Wildman–Crippen LogP) is 1.71. The summed E-state index contributed by atoms with van der Waals surface area (Å²) < 4.78 is 37.4. The zero-order valence-corrected chi connectivity index (χ0v) is 8.06. The van der Waals surface area contributed by atoms with Crippen LogP contribution in [-0.2, 0) is 12.6 Å². The zero-order valence-electron chi connectivity index (χ0n) is 8.06. The molecular formula is C9H12F3N3. The summed E-state index contributed by atoms with van der Waals surface area (Å²) in [6.45, 7) is 0.440. The fourth-order valence-corrected chi connectivity index (χ4v) is 1.72. The van der Waals surface area contributed by atoms with Crippen LogP contribution in [0.4, 0.5) is 13.2 Å². The zero-order chi connectivity index (χ0) is 11.1. The molecule has 84 valence electrons. The summed E-state index contributed by atoms with van der Waals surface area (Å²) in [6, 6.07) is 0. The van der Waals surface area contributed by atoms with E-state index in [1.54, 1.807) is 0 Å². The number of aromatic amines is 1. The lowest BCUT2D eigenvalue weighted by atomic mass is 9.97. The summed E-state index contributed by atoms with van der Waals surface area (Å²) in [5.74, 6) is 0. The fourth-order valence-electron chi connectivity index (χ4n) is 1.72. The Morgan fingerprint density at radius 3 is 2.60 bits per heavy atom. The van der Waals surface area contributed by atoms with Gasteiger partial charge in [0.05, 0.1) is 6.20 Å². The van der Waals surface area contributed by atoms with E-state index in [9.17, 15) is 13.2 Å². The van der Waals surface area contributed by atoms with Gasteiger partial charge in [-0.2, -0.15) is 18.3 Å². The molecule has 0 saturated heterocycles. The van der Waals surface area contributed by atoms with Gasteiger partial charge in [0.1, 0.15) is 5.69 Å². The minimum Gasteiger partial charge on any atom is -0.330 e. The Morgan fingerprint density at radius 1 is 1.47 bits per heavy atom. The normalized spacial score (nSPS) is 19.2. The van der Waals surface area contributed by atoms with Gasteiger partial charge in [0.15, 0.2) is 0 Å². The molecule has 3 nitrogen and oxygen atoms in total. The standard InChI is InChI=1S/C9H12F3N3/c10-9(11,12)7-6(4-14-15-7)3-8(5-13)1-2-8/h4H,1-3,5,13H2,(H,14,15). The van der Waals surface area contributed by atoms with Gasteiger partial charge in [-0.15, -0.1) is 0 Å². The van der Waals surface area contributed by atoms with Crippen molar-refractivity contribution in [2.75, 3.05) is 6.54 Å². The summed E-state index contributed by atoms with van der Waals surface area (Å²) >= 11 is 0. The molecule has 0 aromatic carbocycles. The Labute approximate surface area is 84.8 Å². The molecule has 1 aromatic rings. The number of nitrogens with one attached hydrogen (secondary N) is 1. The van der Waals surface area contributed by atoms with Crippen molar-refractivity contribution < 1.29 is 13.2 Å². The third-order valence-electron chi connectivity index (χ3n) is 2.96. The van der Waals surface area contributed by atoms with E-state index in [1.807, 2.05) is 5.10 Å². The van der Waals surface area contributed by atoms with Gasteiger partial charge in [0.2, 0.25) is 0 Å². The molecule has 15 heavy (non-hydrogen) atoms. The summed E-state index contributed by atoms with van der Waals surface area (Å²) in [5, 5.41) is 5.45. The molecular weight excluding hydrogens is 207 g/mol. The molecule has 3 N–H and O–H groups in total. The molecule has 0 unspecified atom stereocenters. The van der Waals surface area contributed by atoms with Gasteiger partial charge >= 0.3 is 6.18 Å². The van der Waals surface area contributed by atoms with Crippen LogP contribution in [0.2, 0.25) is 0 Å². The minimum atomic E-state index is -4.35. The number of H-pyrrole nitrogens is 1. The highest BCUT2D eigenvalue weighted by atomic mass is 19.4. The number of alkyl halides is 3. The van der Waals surface area contributed by atoms with Gasteiger partial charge in [0.25, 0.3) is 0 Å². The number of aromatic nitrogens is 2. The van der Waals surface area contributed by atoms with Gasteiger partial charge in [-0.05, 0) is 31.2 Å². The first kappa shape index (κ1) is 10.5. The number of nitrogens with two attached hydrogens (primary N) is 1. The van der Waals surface area contributed by atoms with Crippen LogP contribution in [0.1, 0.15) is 24.1 Å². The second-order valence-corrected chi connectivity index (χ2v) is 4.15. The average molecular weight is 219 g/mol. The first-order chi connectivity index (χ1) is 6.97. The Hall–Kier alpha value is -1.04. The molecule has 0 aliphatic heterocycles. The topological polar surface area (TPSA) is 54.7 Å². The van der Waals surface area contributed by atoms with Crippen molar-refractivity contribution in [2.24, 2.45) is 11.1 Å². The fraction of sp³-hybridized carbons (Fsp3) is 0.667. The molecule has 0 spiro atoms. The number of hydrogen-bond acceptors (Lipinski definition) is 2. The molecule has 6 heteroatoms. The summed E-state index contributed by atoms with van der Waals surface area (Å²) in [4.78, 5) is 0. The van der Waals surface area contributed by atoms with Crippen molar-refractivity contribution >= 4 is 0 Å². The molecule has 0 atom stereocenters. The molecule has 2 rings (SSSR count). The number of rotatable bonds is 3. The third kappa shape index (κ3) is 1.99. The monoisotopic (exact) mass is 219 g/mol. The van der Waals surface area contributed by atoms with Crippen LogP contribution >= 0.6 is 0 Å². The van der Waals surface area contributed by atoms with Gasteiger partial charge < -0.3 is 5.73 Å². The highest BCUT2D eigenvalue weighted by Gasteiger charge is 2.44. The van der Waals surface area contributed by atoms with Crippen LogP contribution in [0.5, 0.6) is 0 Å². The largest absolute Gasteiger partial charge is 0.433 e. The molecule has 0 radical (unpaired) electrons. The lowest BCUT2D eigenvalue weighted by Crippen LogP contribution is -2.19. The SMILES string of the molecule is NCC1(Cc2cn[nH]c2C(F)(F)F)CC1. The quantitative estimate of drug-likeness (QED) is 0.813. The van der Waals surface area contributed by atoms with Crippen molar-refractivity contribution in [3.63, 3.8) is 0 Å². The van der Waals surface area contributed by atoms with Crippen molar-refractivity contribution in [1.29, 1.82) is 0 Å². The Morgan fingerprint density at radius 2 is 2.13 bits per heavy atom. The van der Waals surface area contributed by atoms with Crippen LogP contribution in [-0.4, -0.2) is 16.7 Å². The second-order valence-electron chi connectivity index (χ2n) is 4.15. The van der Waals surface area contributed by atoms with Gasteiger partial charge in [-0.3, -0.25) is 5.10 Å². The second kappa shape index (κ2) is 3.23. The smallest absolute Gasteiger partial charge is 0.330 e.